The Morgan fingerprint density at radius 2 is 1.89 bits per heavy atom. The Balaban J connectivity index is 1.48. The first-order chi connectivity index (χ1) is 17.8. The summed E-state index contributed by atoms with van der Waals surface area (Å²) in [5.41, 5.74) is 1.92. The van der Waals surface area contributed by atoms with Crippen LogP contribution in [0.25, 0.3) is 6.08 Å². The van der Waals surface area contributed by atoms with Gasteiger partial charge in [-0.05, 0) is 60.9 Å². The van der Waals surface area contributed by atoms with Crippen molar-refractivity contribution in [2.45, 2.75) is 19.4 Å². The summed E-state index contributed by atoms with van der Waals surface area (Å²) < 4.78 is 13.1. The van der Waals surface area contributed by atoms with Crippen molar-refractivity contribution >= 4 is 61.4 Å². The maximum Gasteiger partial charge on any atom is 0.314 e. The third kappa shape index (κ3) is 6.83. The molecular formula is C29H26Br2ClNO4. The molecule has 0 spiro atoms. The van der Waals surface area contributed by atoms with Crippen molar-refractivity contribution in [1.29, 1.82) is 0 Å². The Bertz CT molecular complexity index is 1330. The molecule has 0 aliphatic carbocycles. The first-order valence-corrected chi connectivity index (χ1v) is 13.7. The second-order valence-electron chi connectivity index (χ2n) is 8.98. The molecule has 37 heavy (non-hydrogen) atoms. The van der Waals surface area contributed by atoms with Crippen LogP contribution >= 0.6 is 43.5 Å². The summed E-state index contributed by atoms with van der Waals surface area (Å²) in [6, 6.07) is 21.0. The molecule has 3 aromatic carbocycles. The molecule has 1 unspecified atom stereocenters. The highest BCUT2D eigenvalue weighted by Crippen LogP contribution is 2.36. The van der Waals surface area contributed by atoms with Crippen LogP contribution in [0.2, 0.25) is 5.02 Å². The number of hydrogen-bond acceptors (Lipinski definition) is 4. The summed E-state index contributed by atoms with van der Waals surface area (Å²) in [5.74, 6) is 0.130. The van der Waals surface area contributed by atoms with Crippen molar-refractivity contribution < 1.29 is 19.1 Å². The molecule has 0 bridgehead atoms. The molecule has 1 amide bonds. The molecule has 4 rings (SSSR count). The van der Waals surface area contributed by atoms with Crippen LogP contribution in [0.1, 0.15) is 23.1 Å². The molecule has 1 aliphatic heterocycles. The zero-order valence-corrected chi connectivity index (χ0v) is 24.2. The number of methoxy groups -OCH3 is 1. The fraction of sp³-hybridized carbons (Fsp3) is 0.241. The monoisotopic (exact) mass is 645 g/mol. The van der Waals surface area contributed by atoms with E-state index in [1.807, 2.05) is 48.5 Å². The zero-order valence-electron chi connectivity index (χ0n) is 20.3. The van der Waals surface area contributed by atoms with Gasteiger partial charge in [0.2, 0.25) is 5.91 Å². The number of likely N-dealkylation sites (tertiary alicyclic amines) is 1. The molecule has 0 radical (unpaired) electrons. The van der Waals surface area contributed by atoms with Crippen LogP contribution in [-0.2, 0) is 27.4 Å². The number of rotatable bonds is 8. The second-order valence-corrected chi connectivity index (χ2v) is 11.2. The van der Waals surface area contributed by atoms with Crippen molar-refractivity contribution in [3.05, 3.63) is 103 Å². The largest absolute Gasteiger partial charge is 0.488 e. The molecule has 0 N–H and O–H groups in total. The lowest BCUT2D eigenvalue weighted by Crippen LogP contribution is -2.39. The van der Waals surface area contributed by atoms with Gasteiger partial charge in [-0.15, -0.1) is 0 Å². The van der Waals surface area contributed by atoms with Crippen molar-refractivity contribution in [1.82, 2.24) is 4.90 Å². The first-order valence-electron chi connectivity index (χ1n) is 11.8. The highest BCUT2D eigenvalue weighted by atomic mass is 79.9. The second kappa shape index (κ2) is 12.3. The molecule has 1 fully saturated rings. The van der Waals surface area contributed by atoms with Gasteiger partial charge in [-0.2, -0.15) is 0 Å². The molecule has 8 heteroatoms. The maximum atomic E-state index is 13.1. The minimum atomic E-state index is -0.785. The molecule has 3 aromatic rings. The quantitative estimate of drug-likeness (QED) is 0.194. The SMILES string of the molecule is COC(=O)C1(Cc2cccc(Br)c2)CCN(C(=O)/C=C/c2cc(Cl)ccc2OCc2ccccc2Br)C1. The normalized spacial score (nSPS) is 17.2. The lowest BCUT2D eigenvalue weighted by Gasteiger charge is -2.26. The molecule has 1 aliphatic rings. The summed E-state index contributed by atoms with van der Waals surface area (Å²) in [5, 5.41) is 0.542. The van der Waals surface area contributed by atoms with Crippen LogP contribution in [0.5, 0.6) is 5.75 Å². The number of amides is 1. The first kappa shape index (κ1) is 27.4. The number of hydrogen-bond donors (Lipinski definition) is 0. The Hall–Kier alpha value is -2.61. The molecule has 0 saturated carbocycles. The third-order valence-electron chi connectivity index (χ3n) is 6.43. The van der Waals surface area contributed by atoms with Crippen molar-refractivity contribution in [2.24, 2.45) is 5.41 Å². The third-order valence-corrected chi connectivity index (χ3v) is 7.94. The Morgan fingerprint density at radius 3 is 2.65 bits per heavy atom. The van der Waals surface area contributed by atoms with Gasteiger partial charge in [-0.25, -0.2) is 0 Å². The fourth-order valence-corrected chi connectivity index (χ4v) is 5.54. The van der Waals surface area contributed by atoms with Gasteiger partial charge in [0.25, 0.3) is 0 Å². The van der Waals surface area contributed by atoms with Crippen LogP contribution in [0, 0.1) is 5.41 Å². The van der Waals surface area contributed by atoms with Crippen molar-refractivity contribution in [3.63, 3.8) is 0 Å². The van der Waals surface area contributed by atoms with Crippen LogP contribution in [-0.4, -0.2) is 37.0 Å². The smallest absolute Gasteiger partial charge is 0.314 e. The topological polar surface area (TPSA) is 55.8 Å². The Labute approximate surface area is 238 Å². The van der Waals surface area contributed by atoms with E-state index in [2.05, 4.69) is 31.9 Å². The lowest BCUT2D eigenvalue weighted by molar-refractivity contribution is -0.152. The van der Waals surface area contributed by atoms with E-state index < -0.39 is 5.41 Å². The van der Waals surface area contributed by atoms with Crippen molar-refractivity contribution in [2.75, 3.05) is 20.2 Å². The minimum absolute atomic E-state index is 0.184. The number of esters is 1. The van der Waals surface area contributed by atoms with E-state index in [1.165, 1.54) is 13.2 Å². The van der Waals surface area contributed by atoms with Crippen LogP contribution in [0.3, 0.4) is 0 Å². The van der Waals surface area contributed by atoms with Gasteiger partial charge < -0.3 is 14.4 Å². The summed E-state index contributed by atoms with van der Waals surface area (Å²) >= 11 is 13.3. The number of carbonyl (C=O) groups is 2. The van der Waals surface area contributed by atoms with Gasteiger partial charge >= 0.3 is 5.97 Å². The van der Waals surface area contributed by atoms with Gasteiger partial charge in [0.15, 0.2) is 0 Å². The van der Waals surface area contributed by atoms with E-state index in [0.29, 0.717) is 42.3 Å². The molecular weight excluding hydrogens is 622 g/mol. The van der Waals surface area contributed by atoms with Crippen LogP contribution in [0.4, 0.5) is 0 Å². The van der Waals surface area contributed by atoms with Crippen LogP contribution < -0.4 is 4.74 Å². The van der Waals surface area contributed by atoms with Gasteiger partial charge in [-0.1, -0.05) is 73.8 Å². The molecule has 192 valence electrons. The minimum Gasteiger partial charge on any atom is -0.488 e. The molecule has 1 heterocycles. The molecule has 1 atom stereocenters. The lowest BCUT2D eigenvalue weighted by atomic mass is 9.81. The van der Waals surface area contributed by atoms with Gasteiger partial charge in [0.05, 0.1) is 12.5 Å². The Morgan fingerprint density at radius 1 is 1.08 bits per heavy atom. The van der Waals surface area contributed by atoms with Gasteiger partial charge in [-0.3, -0.25) is 9.59 Å². The number of nitrogens with zero attached hydrogens (tertiary/aromatic N) is 1. The van der Waals surface area contributed by atoms with Gasteiger partial charge in [0.1, 0.15) is 12.4 Å². The highest BCUT2D eigenvalue weighted by molar-refractivity contribution is 9.10. The summed E-state index contributed by atoms with van der Waals surface area (Å²) in [7, 11) is 1.39. The molecule has 5 nitrogen and oxygen atoms in total. The predicted molar refractivity (Wildman–Crippen MR) is 152 cm³/mol. The molecule has 1 saturated heterocycles. The van der Waals surface area contributed by atoms with Gasteiger partial charge in [0, 0.05) is 44.3 Å². The van der Waals surface area contributed by atoms with E-state index in [4.69, 9.17) is 21.1 Å². The highest BCUT2D eigenvalue weighted by Gasteiger charge is 2.46. The van der Waals surface area contributed by atoms with E-state index in [-0.39, 0.29) is 18.4 Å². The van der Waals surface area contributed by atoms with E-state index in [1.54, 1.807) is 29.2 Å². The average molecular weight is 648 g/mol. The summed E-state index contributed by atoms with van der Waals surface area (Å²) in [6.07, 6.45) is 4.23. The number of ether oxygens (including phenoxy) is 2. The van der Waals surface area contributed by atoms with Crippen molar-refractivity contribution in [3.8, 4) is 5.75 Å². The number of carbonyl (C=O) groups excluding carboxylic acids is 2. The van der Waals surface area contributed by atoms with Crippen LogP contribution in [0.15, 0.2) is 81.8 Å². The van der Waals surface area contributed by atoms with E-state index in [0.717, 1.165) is 20.1 Å². The Kier molecular flexibility index (Phi) is 9.11. The van der Waals surface area contributed by atoms with E-state index >= 15 is 0 Å². The predicted octanol–water partition coefficient (Wildman–Crippen LogP) is 7.09. The summed E-state index contributed by atoms with van der Waals surface area (Å²) in [4.78, 5) is 27.7. The number of halogens is 3. The summed E-state index contributed by atoms with van der Waals surface area (Å²) in [6.45, 7) is 1.12. The molecule has 0 aromatic heterocycles. The maximum absolute atomic E-state index is 13.1. The average Bonchev–Trinajstić information content (AvgIpc) is 3.32. The zero-order chi connectivity index (χ0) is 26.4. The van der Waals surface area contributed by atoms with E-state index in [9.17, 15) is 9.59 Å². The fourth-order valence-electron chi connectivity index (χ4n) is 4.52. The number of benzene rings is 3. The standard InChI is InChI=1S/C29H26Br2ClNO4/c1-36-28(35)29(17-20-5-4-7-23(30)15-20)13-14-33(19-29)27(34)12-9-21-16-24(32)10-11-26(21)37-18-22-6-2-3-8-25(22)31/h2-12,15-16H,13-14,17-19H2,1H3/b12-9+.